The van der Waals surface area contributed by atoms with Crippen LogP contribution in [0.3, 0.4) is 0 Å². The molecule has 1 aromatic heterocycles. The summed E-state index contributed by atoms with van der Waals surface area (Å²) in [4.78, 5) is 12.9. The Kier molecular flexibility index (Phi) is 4.59. The van der Waals surface area contributed by atoms with Crippen molar-refractivity contribution >= 4 is 44.6 Å². The van der Waals surface area contributed by atoms with Gasteiger partial charge in [-0.05, 0) is 22.9 Å². The lowest BCUT2D eigenvalue weighted by Gasteiger charge is -2.07. The molecule has 1 heterocycles. The molecule has 0 amide bonds. The number of aryl methyl sites for hydroxylation is 1. The van der Waals surface area contributed by atoms with Gasteiger partial charge in [-0.25, -0.2) is 0 Å². The van der Waals surface area contributed by atoms with Crippen molar-refractivity contribution in [3.05, 3.63) is 77.9 Å². The highest BCUT2D eigenvalue weighted by atomic mass is 79.9. The normalized spacial score (nSPS) is 10.8. The SMILES string of the molecule is Br.Cn1c(=N)n(CC(=O)c2cccc3ccccc23)c2ccccc21. The van der Waals surface area contributed by atoms with Crippen LogP contribution in [-0.4, -0.2) is 14.9 Å². The Labute approximate surface area is 155 Å². The van der Waals surface area contributed by atoms with Crippen LogP contribution in [0.2, 0.25) is 0 Å². The van der Waals surface area contributed by atoms with E-state index < -0.39 is 0 Å². The number of halogens is 1. The number of nitrogens with zero attached hydrogens (tertiary/aromatic N) is 2. The number of nitrogens with one attached hydrogen (secondary N) is 1. The maximum Gasteiger partial charge on any atom is 0.203 e. The van der Waals surface area contributed by atoms with Crippen molar-refractivity contribution in [3.8, 4) is 0 Å². The zero-order valence-electron chi connectivity index (χ0n) is 13.8. The maximum absolute atomic E-state index is 12.9. The minimum Gasteiger partial charge on any atom is -0.313 e. The first kappa shape index (κ1) is 17.2. The van der Waals surface area contributed by atoms with Crippen molar-refractivity contribution in [2.45, 2.75) is 6.54 Å². The van der Waals surface area contributed by atoms with Gasteiger partial charge in [0.2, 0.25) is 5.62 Å². The Balaban J connectivity index is 0.00000182. The van der Waals surface area contributed by atoms with Crippen molar-refractivity contribution in [1.29, 1.82) is 5.41 Å². The lowest BCUT2D eigenvalue weighted by molar-refractivity contribution is 0.0973. The molecule has 25 heavy (non-hydrogen) atoms. The zero-order valence-corrected chi connectivity index (χ0v) is 15.5. The van der Waals surface area contributed by atoms with Gasteiger partial charge in [-0.15, -0.1) is 17.0 Å². The van der Waals surface area contributed by atoms with Gasteiger partial charge in [-0.3, -0.25) is 10.2 Å². The first-order valence-electron chi connectivity index (χ1n) is 7.86. The third kappa shape index (κ3) is 2.81. The number of hydrogen-bond donors (Lipinski definition) is 1. The van der Waals surface area contributed by atoms with Crippen LogP contribution in [0.4, 0.5) is 0 Å². The summed E-state index contributed by atoms with van der Waals surface area (Å²) in [5.41, 5.74) is 2.88. The molecule has 0 fully saturated rings. The van der Waals surface area contributed by atoms with Gasteiger partial charge in [0, 0.05) is 12.6 Å². The lowest BCUT2D eigenvalue weighted by atomic mass is 10.0. The van der Waals surface area contributed by atoms with Gasteiger partial charge in [0.1, 0.15) is 0 Å². The van der Waals surface area contributed by atoms with Crippen molar-refractivity contribution in [3.63, 3.8) is 0 Å². The van der Waals surface area contributed by atoms with Gasteiger partial charge in [0.15, 0.2) is 5.78 Å². The molecule has 0 radical (unpaired) electrons. The van der Waals surface area contributed by atoms with E-state index >= 15 is 0 Å². The average Bonchev–Trinajstić information content (AvgIpc) is 2.86. The number of carbonyl (C=O) groups is 1. The van der Waals surface area contributed by atoms with Crippen molar-refractivity contribution in [2.24, 2.45) is 7.05 Å². The van der Waals surface area contributed by atoms with Gasteiger partial charge in [0.05, 0.1) is 17.6 Å². The lowest BCUT2D eigenvalue weighted by Crippen LogP contribution is -2.26. The summed E-state index contributed by atoms with van der Waals surface area (Å²) in [6, 6.07) is 21.5. The van der Waals surface area contributed by atoms with E-state index in [4.69, 9.17) is 5.41 Å². The van der Waals surface area contributed by atoms with Gasteiger partial charge >= 0.3 is 0 Å². The second-order valence-corrected chi connectivity index (χ2v) is 5.91. The van der Waals surface area contributed by atoms with E-state index in [1.807, 2.05) is 73.8 Å². The topological polar surface area (TPSA) is 50.8 Å². The molecular weight excluding hydrogens is 378 g/mol. The van der Waals surface area contributed by atoms with E-state index in [1.165, 1.54) is 0 Å². The Morgan fingerprint density at radius 3 is 2.36 bits per heavy atom. The molecule has 4 nitrogen and oxygen atoms in total. The van der Waals surface area contributed by atoms with E-state index in [0.717, 1.165) is 21.8 Å². The molecule has 126 valence electrons. The number of hydrogen-bond acceptors (Lipinski definition) is 2. The van der Waals surface area contributed by atoms with Crippen LogP contribution in [0.15, 0.2) is 66.7 Å². The fraction of sp³-hybridized carbons (Fsp3) is 0.100. The van der Waals surface area contributed by atoms with E-state index in [1.54, 1.807) is 9.13 Å². The molecule has 0 aliphatic heterocycles. The molecular formula is C20H18BrN3O. The quantitative estimate of drug-likeness (QED) is 0.522. The fourth-order valence-corrected chi connectivity index (χ4v) is 3.24. The maximum atomic E-state index is 12.9. The minimum atomic E-state index is 0. The van der Waals surface area contributed by atoms with Crippen LogP contribution in [0, 0.1) is 5.41 Å². The Hall–Kier alpha value is -2.66. The summed E-state index contributed by atoms with van der Waals surface area (Å²) in [6.07, 6.45) is 0. The molecule has 0 bridgehead atoms. The van der Waals surface area contributed by atoms with Crippen molar-refractivity contribution < 1.29 is 4.79 Å². The Morgan fingerprint density at radius 2 is 1.56 bits per heavy atom. The second kappa shape index (κ2) is 6.69. The molecule has 4 rings (SSSR count). The fourth-order valence-electron chi connectivity index (χ4n) is 3.24. The minimum absolute atomic E-state index is 0. The molecule has 3 aromatic carbocycles. The van der Waals surface area contributed by atoms with Gasteiger partial charge in [0.25, 0.3) is 0 Å². The predicted molar refractivity (Wildman–Crippen MR) is 105 cm³/mol. The number of carbonyl (C=O) groups excluding carboxylic acids is 1. The van der Waals surface area contributed by atoms with Crippen LogP contribution in [0.1, 0.15) is 10.4 Å². The molecule has 1 N–H and O–H groups in total. The summed E-state index contributed by atoms with van der Waals surface area (Å²) in [6.45, 7) is 0.161. The summed E-state index contributed by atoms with van der Waals surface area (Å²) in [7, 11) is 1.85. The summed E-state index contributed by atoms with van der Waals surface area (Å²) < 4.78 is 3.56. The van der Waals surface area contributed by atoms with E-state index in [0.29, 0.717) is 11.2 Å². The molecule has 0 aliphatic rings. The number of imidazole rings is 1. The highest BCUT2D eigenvalue weighted by molar-refractivity contribution is 8.93. The van der Waals surface area contributed by atoms with E-state index in [-0.39, 0.29) is 29.3 Å². The third-order valence-electron chi connectivity index (χ3n) is 4.50. The smallest absolute Gasteiger partial charge is 0.203 e. The zero-order chi connectivity index (χ0) is 16.7. The summed E-state index contributed by atoms with van der Waals surface area (Å²) in [5, 5.41) is 10.3. The standard InChI is InChI=1S/C20H17N3O.BrH/c1-22-17-11-4-5-12-18(17)23(20(22)21)13-19(24)16-10-6-8-14-7-2-3-9-15(14)16;/h2-12,21H,13H2,1H3;1H. The number of fused-ring (bicyclic) bond motifs is 2. The number of aromatic nitrogens is 2. The molecule has 0 saturated carbocycles. The number of Topliss-reactive ketones (excluding diaryl/α,β-unsaturated/α-hetero) is 1. The van der Waals surface area contributed by atoms with Gasteiger partial charge < -0.3 is 9.13 Å². The molecule has 4 aromatic rings. The first-order valence-corrected chi connectivity index (χ1v) is 7.86. The Morgan fingerprint density at radius 1 is 0.920 bits per heavy atom. The number of ketones is 1. The van der Waals surface area contributed by atoms with Gasteiger partial charge in [-0.2, -0.15) is 0 Å². The number of benzene rings is 3. The van der Waals surface area contributed by atoms with Crippen LogP contribution >= 0.6 is 17.0 Å². The van der Waals surface area contributed by atoms with Crippen LogP contribution < -0.4 is 5.62 Å². The number of para-hydroxylation sites is 2. The Bertz CT molecular complexity index is 1140. The van der Waals surface area contributed by atoms with Crippen molar-refractivity contribution in [2.75, 3.05) is 0 Å². The molecule has 0 aliphatic carbocycles. The average molecular weight is 396 g/mol. The highest BCUT2D eigenvalue weighted by Crippen LogP contribution is 2.20. The largest absolute Gasteiger partial charge is 0.313 e. The molecule has 0 saturated heterocycles. The van der Waals surface area contributed by atoms with Crippen molar-refractivity contribution in [1.82, 2.24) is 9.13 Å². The summed E-state index contributed by atoms with van der Waals surface area (Å²) in [5.74, 6) is 0.0154. The molecule has 0 spiro atoms. The van der Waals surface area contributed by atoms with E-state index in [2.05, 4.69) is 0 Å². The first-order chi connectivity index (χ1) is 11.7. The second-order valence-electron chi connectivity index (χ2n) is 5.91. The van der Waals surface area contributed by atoms with Crippen LogP contribution in [-0.2, 0) is 13.6 Å². The van der Waals surface area contributed by atoms with Crippen LogP contribution in [0.5, 0.6) is 0 Å². The third-order valence-corrected chi connectivity index (χ3v) is 4.50. The molecule has 5 heteroatoms. The van der Waals surface area contributed by atoms with E-state index in [9.17, 15) is 4.79 Å². The van der Waals surface area contributed by atoms with Gasteiger partial charge in [-0.1, -0.05) is 54.6 Å². The molecule has 0 atom stereocenters. The van der Waals surface area contributed by atoms with Crippen LogP contribution in [0.25, 0.3) is 21.8 Å². The molecule has 0 unspecified atom stereocenters. The highest BCUT2D eigenvalue weighted by Gasteiger charge is 2.14. The number of rotatable bonds is 3. The predicted octanol–water partition coefficient (Wildman–Crippen LogP) is 4.07. The monoisotopic (exact) mass is 395 g/mol. The summed E-state index contributed by atoms with van der Waals surface area (Å²) >= 11 is 0.